The van der Waals surface area contributed by atoms with Crippen LogP contribution in [0.4, 0.5) is 10.6 Å². The molecule has 2 rings (SSSR count). The summed E-state index contributed by atoms with van der Waals surface area (Å²) in [5, 5.41) is 0. The zero-order valence-electron chi connectivity index (χ0n) is 11.1. The van der Waals surface area contributed by atoms with Gasteiger partial charge in [-0.15, -0.1) is 0 Å². The van der Waals surface area contributed by atoms with Crippen LogP contribution in [0.3, 0.4) is 0 Å². The van der Waals surface area contributed by atoms with E-state index < -0.39 is 11.7 Å². The van der Waals surface area contributed by atoms with Crippen molar-refractivity contribution in [3.05, 3.63) is 22.3 Å². The Morgan fingerprint density at radius 3 is 2.79 bits per heavy atom. The van der Waals surface area contributed by atoms with Crippen LogP contribution in [-0.2, 0) is 4.74 Å². The minimum Gasteiger partial charge on any atom is -0.443 e. The first-order valence-corrected chi connectivity index (χ1v) is 6.76. The van der Waals surface area contributed by atoms with Crippen LogP contribution in [-0.4, -0.2) is 29.0 Å². The van der Waals surface area contributed by atoms with Gasteiger partial charge in [0.1, 0.15) is 11.4 Å². The van der Waals surface area contributed by atoms with E-state index in [1.807, 2.05) is 0 Å². The van der Waals surface area contributed by atoms with Crippen molar-refractivity contribution in [1.82, 2.24) is 4.98 Å². The number of fused-ring (bicyclic) bond motifs is 1. The summed E-state index contributed by atoms with van der Waals surface area (Å²) in [6, 6.07) is 1.68. The highest BCUT2D eigenvalue weighted by Gasteiger charge is 2.31. The fourth-order valence-electron chi connectivity index (χ4n) is 1.80. The zero-order valence-corrected chi connectivity index (χ0v) is 12.7. The first-order valence-electron chi connectivity index (χ1n) is 5.97. The maximum absolute atomic E-state index is 12.1. The molecule has 0 bridgehead atoms. The van der Waals surface area contributed by atoms with Crippen LogP contribution >= 0.6 is 15.9 Å². The summed E-state index contributed by atoms with van der Waals surface area (Å²) in [5.74, 6) is 0.359. The molecule has 0 aliphatic carbocycles. The van der Waals surface area contributed by atoms with Gasteiger partial charge in [0.15, 0.2) is 5.78 Å². The van der Waals surface area contributed by atoms with E-state index in [2.05, 4.69) is 20.9 Å². The number of aromatic nitrogens is 1. The number of carbonyl (C=O) groups is 2. The van der Waals surface area contributed by atoms with Gasteiger partial charge in [-0.05, 0) is 42.8 Å². The fraction of sp³-hybridized carbons (Fsp3) is 0.462. The van der Waals surface area contributed by atoms with E-state index in [1.165, 1.54) is 4.90 Å². The number of anilines is 1. The van der Waals surface area contributed by atoms with Gasteiger partial charge in [0.2, 0.25) is 0 Å². The summed E-state index contributed by atoms with van der Waals surface area (Å²) in [7, 11) is 0. The molecular formula is C13H15BrN2O3. The number of nitrogens with zero attached hydrogens (tertiary/aromatic N) is 2. The first kappa shape index (κ1) is 14.0. The number of rotatable bonds is 0. The molecular weight excluding hydrogens is 312 g/mol. The minimum absolute atomic E-state index is 0.0105. The Morgan fingerprint density at radius 2 is 2.16 bits per heavy atom. The lowest BCUT2D eigenvalue weighted by Crippen LogP contribution is -2.41. The van der Waals surface area contributed by atoms with E-state index in [1.54, 1.807) is 33.0 Å². The average Bonchev–Trinajstić information content (AvgIpc) is 2.27. The van der Waals surface area contributed by atoms with E-state index in [0.29, 0.717) is 22.4 Å². The number of hydrogen-bond donors (Lipinski definition) is 0. The number of ether oxygens (including phenoxy) is 1. The topological polar surface area (TPSA) is 59.5 Å². The van der Waals surface area contributed by atoms with Gasteiger partial charge in [-0.3, -0.25) is 9.69 Å². The van der Waals surface area contributed by atoms with Gasteiger partial charge in [0, 0.05) is 23.6 Å². The summed E-state index contributed by atoms with van der Waals surface area (Å²) in [6.07, 6.45) is 1.37. The van der Waals surface area contributed by atoms with Crippen molar-refractivity contribution in [3.63, 3.8) is 0 Å². The van der Waals surface area contributed by atoms with Crippen molar-refractivity contribution in [2.75, 3.05) is 11.4 Å². The van der Waals surface area contributed by atoms with E-state index >= 15 is 0 Å². The molecule has 0 saturated carbocycles. The second kappa shape index (κ2) is 4.92. The van der Waals surface area contributed by atoms with E-state index in [9.17, 15) is 9.59 Å². The highest BCUT2D eigenvalue weighted by molar-refractivity contribution is 9.10. The van der Waals surface area contributed by atoms with Crippen LogP contribution in [0.1, 0.15) is 37.6 Å². The van der Waals surface area contributed by atoms with Crippen molar-refractivity contribution >= 4 is 33.6 Å². The van der Waals surface area contributed by atoms with Crippen molar-refractivity contribution in [3.8, 4) is 0 Å². The minimum atomic E-state index is -0.575. The second-order valence-corrected chi connectivity index (χ2v) is 6.25. The van der Waals surface area contributed by atoms with Crippen LogP contribution < -0.4 is 4.90 Å². The average molecular weight is 327 g/mol. The maximum Gasteiger partial charge on any atom is 0.416 e. The second-order valence-electron chi connectivity index (χ2n) is 5.33. The van der Waals surface area contributed by atoms with E-state index in [0.717, 1.165) is 0 Å². The van der Waals surface area contributed by atoms with Crippen LogP contribution in [0, 0.1) is 0 Å². The molecule has 2 heterocycles. The third kappa shape index (κ3) is 3.12. The van der Waals surface area contributed by atoms with Gasteiger partial charge in [-0.2, -0.15) is 0 Å². The Bertz CT molecular complexity index is 537. The zero-order chi connectivity index (χ0) is 14.2. The van der Waals surface area contributed by atoms with Crippen LogP contribution in [0.5, 0.6) is 0 Å². The summed E-state index contributed by atoms with van der Waals surface area (Å²) < 4.78 is 6.04. The Labute approximate surface area is 120 Å². The number of amides is 1. The molecule has 0 radical (unpaired) electrons. The molecule has 1 aliphatic rings. The molecule has 0 atom stereocenters. The number of ketones is 1. The molecule has 0 N–H and O–H groups in total. The van der Waals surface area contributed by atoms with Crippen molar-refractivity contribution in [1.29, 1.82) is 0 Å². The number of halogens is 1. The molecule has 0 fully saturated rings. The van der Waals surface area contributed by atoms with Crippen molar-refractivity contribution in [2.24, 2.45) is 0 Å². The maximum atomic E-state index is 12.1. The van der Waals surface area contributed by atoms with Gasteiger partial charge in [0.05, 0.1) is 5.56 Å². The molecule has 102 valence electrons. The monoisotopic (exact) mass is 326 g/mol. The summed E-state index contributed by atoms with van der Waals surface area (Å²) in [4.78, 5) is 29.5. The van der Waals surface area contributed by atoms with Gasteiger partial charge >= 0.3 is 6.09 Å². The lowest BCUT2D eigenvalue weighted by atomic mass is 10.0. The largest absolute Gasteiger partial charge is 0.443 e. The molecule has 0 aromatic carbocycles. The van der Waals surface area contributed by atoms with Gasteiger partial charge < -0.3 is 4.74 Å². The molecule has 5 nitrogen and oxygen atoms in total. The van der Waals surface area contributed by atoms with E-state index in [4.69, 9.17) is 4.74 Å². The standard InChI is InChI=1S/C13H15BrN2O3/c1-13(2,3)19-12(18)16-5-4-10(17)9-6-8(14)7-15-11(9)16/h6-7H,4-5H2,1-3H3. The van der Waals surface area contributed by atoms with Crippen molar-refractivity contribution in [2.45, 2.75) is 32.8 Å². The number of pyridine rings is 1. The summed E-state index contributed by atoms with van der Waals surface area (Å²) in [5.41, 5.74) is -0.125. The molecule has 0 saturated heterocycles. The predicted molar refractivity (Wildman–Crippen MR) is 74.5 cm³/mol. The van der Waals surface area contributed by atoms with Crippen LogP contribution in [0.25, 0.3) is 0 Å². The Kier molecular flexibility index (Phi) is 3.62. The van der Waals surface area contributed by atoms with Gasteiger partial charge in [-0.1, -0.05) is 0 Å². The molecule has 1 aromatic rings. The molecule has 0 spiro atoms. The Hall–Kier alpha value is -1.43. The Morgan fingerprint density at radius 1 is 1.47 bits per heavy atom. The molecule has 1 aliphatic heterocycles. The lowest BCUT2D eigenvalue weighted by Gasteiger charge is -2.30. The molecule has 1 amide bonds. The highest BCUT2D eigenvalue weighted by atomic mass is 79.9. The summed E-state index contributed by atoms with van der Waals surface area (Å²) in [6.45, 7) is 5.71. The first-order chi connectivity index (χ1) is 8.78. The van der Waals surface area contributed by atoms with E-state index in [-0.39, 0.29) is 12.2 Å². The highest BCUT2D eigenvalue weighted by Crippen LogP contribution is 2.28. The van der Waals surface area contributed by atoms with Gasteiger partial charge in [-0.25, -0.2) is 9.78 Å². The lowest BCUT2D eigenvalue weighted by molar-refractivity contribution is 0.0576. The number of Topliss-reactive ketones (excluding diaryl/α,β-unsaturated/α-hetero) is 1. The smallest absolute Gasteiger partial charge is 0.416 e. The van der Waals surface area contributed by atoms with Crippen molar-refractivity contribution < 1.29 is 14.3 Å². The van der Waals surface area contributed by atoms with Crippen LogP contribution in [0.15, 0.2) is 16.7 Å². The third-order valence-electron chi connectivity index (χ3n) is 2.57. The number of carbonyl (C=O) groups excluding carboxylic acids is 2. The molecule has 6 heteroatoms. The fourth-order valence-corrected chi connectivity index (χ4v) is 2.13. The van der Waals surface area contributed by atoms with Gasteiger partial charge in [0.25, 0.3) is 0 Å². The number of hydrogen-bond acceptors (Lipinski definition) is 4. The SMILES string of the molecule is CC(C)(C)OC(=O)N1CCC(=O)c2cc(Br)cnc21. The molecule has 19 heavy (non-hydrogen) atoms. The molecule has 1 aromatic heterocycles. The molecule has 0 unspecified atom stereocenters. The quantitative estimate of drug-likeness (QED) is 0.734. The Balaban J connectivity index is 2.33. The summed E-state index contributed by atoms with van der Waals surface area (Å²) >= 11 is 3.27. The normalized spacial score (nSPS) is 15.2. The van der Waals surface area contributed by atoms with Crippen LogP contribution in [0.2, 0.25) is 0 Å². The third-order valence-corrected chi connectivity index (χ3v) is 3.00. The predicted octanol–water partition coefficient (Wildman–Crippen LogP) is 3.17.